The van der Waals surface area contributed by atoms with E-state index in [1.165, 1.54) is 11.8 Å². The summed E-state index contributed by atoms with van der Waals surface area (Å²) in [7, 11) is 3.15. The molecular weight excluding hydrogens is 298 g/mol. The van der Waals surface area contributed by atoms with Gasteiger partial charge in [0.25, 0.3) is 0 Å². The van der Waals surface area contributed by atoms with Crippen LogP contribution in [0, 0.1) is 11.3 Å². The van der Waals surface area contributed by atoms with Crippen molar-refractivity contribution in [2.75, 3.05) is 20.0 Å². The number of benzene rings is 2. The molecule has 2 rings (SSSR count). The van der Waals surface area contributed by atoms with E-state index >= 15 is 0 Å². The van der Waals surface area contributed by atoms with Gasteiger partial charge in [0.2, 0.25) is 0 Å². The first-order chi connectivity index (χ1) is 10.7. The number of methoxy groups -OCH3 is 2. The molecule has 5 heteroatoms. The molecule has 0 radical (unpaired) electrons. The van der Waals surface area contributed by atoms with Gasteiger partial charge in [0.05, 0.1) is 31.6 Å². The van der Waals surface area contributed by atoms with E-state index in [1.807, 2.05) is 24.3 Å². The second-order valence-corrected chi connectivity index (χ2v) is 5.47. The molecule has 0 aliphatic carbocycles. The zero-order chi connectivity index (χ0) is 15.9. The number of hydrogen-bond acceptors (Lipinski definition) is 5. The van der Waals surface area contributed by atoms with E-state index in [2.05, 4.69) is 0 Å². The number of ketones is 1. The van der Waals surface area contributed by atoms with Crippen LogP contribution in [0.1, 0.15) is 15.9 Å². The summed E-state index contributed by atoms with van der Waals surface area (Å²) in [5.74, 6) is 1.56. The Hall–Kier alpha value is -2.45. The minimum Gasteiger partial charge on any atom is -0.493 e. The van der Waals surface area contributed by atoms with Crippen molar-refractivity contribution < 1.29 is 14.3 Å². The van der Waals surface area contributed by atoms with Crippen LogP contribution >= 0.6 is 11.8 Å². The number of carbonyl (C=O) groups is 1. The Morgan fingerprint density at radius 1 is 1.14 bits per heavy atom. The van der Waals surface area contributed by atoms with Gasteiger partial charge in [-0.1, -0.05) is 12.1 Å². The SMILES string of the molecule is COc1ccc(SCC(=O)c2cccc(C#N)c2)cc1OC. The van der Waals surface area contributed by atoms with Crippen LogP contribution < -0.4 is 9.47 Å². The van der Waals surface area contributed by atoms with Gasteiger partial charge in [0.15, 0.2) is 17.3 Å². The third-order valence-electron chi connectivity index (χ3n) is 3.04. The fourth-order valence-electron chi connectivity index (χ4n) is 1.90. The van der Waals surface area contributed by atoms with E-state index in [-0.39, 0.29) is 5.78 Å². The van der Waals surface area contributed by atoms with Crippen LogP contribution in [0.25, 0.3) is 0 Å². The van der Waals surface area contributed by atoms with Crippen molar-refractivity contribution >= 4 is 17.5 Å². The van der Waals surface area contributed by atoms with Crippen molar-refractivity contribution in [3.63, 3.8) is 0 Å². The normalized spacial score (nSPS) is 9.86. The van der Waals surface area contributed by atoms with Crippen molar-refractivity contribution in [3.05, 3.63) is 53.6 Å². The Morgan fingerprint density at radius 3 is 2.59 bits per heavy atom. The summed E-state index contributed by atoms with van der Waals surface area (Å²) in [6.45, 7) is 0. The van der Waals surface area contributed by atoms with Crippen LogP contribution in [0.3, 0.4) is 0 Å². The zero-order valence-corrected chi connectivity index (χ0v) is 13.1. The third kappa shape index (κ3) is 3.80. The van der Waals surface area contributed by atoms with E-state index in [0.29, 0.717) is 28.4 Å². The molecule has 112 valence electrons. The molecule has 0 heterocycles. The lowest BCUT2D eigenvalue weighted by Crippen LogP contribution is -2.02. The maximum atomic E-state index is 12.2. The molecule has 0 aliphatic rings. The van der Waals surface area contributed by atoms with E-state index in [1.54, 1.807) is 38.5 Å². The van der Waals surface area contributed by atoms with E-state index < -0.39 is 0 Å². The lowest BCUT2D eigenvalue weighted by Gasteiger charge is -2.09. The first-order valence-corrected chi connectivity index (χ1v) is 7.54. The quantitative estimate of drug-likeness (QED) is 0.603. The molecule has 2 aromatic carbocycles. The molecule has 0 atom stereocenters. The number of nitrogens with zero attached hydrogens (tertiary/aromatic N) is 1. The summed E-state index contributed by atoms with van der Waals surface area (Å²) >= 11 is 1.42. The summed E-state index contributed by atoms with van der Waals surface area (Å²) in [5, 5.41) is 8.87. The predicted octanol–water partition coefficient (Wildman–Crippen LogP) is 3.55. The molecule has 4 nitrogen and oxygen atoms in total. The van der Waals surface area contributed by atoms with E-state index in [4.69, 9.17) is 14.7 Å². The van der Waals surface area contributed by atoms with Gasteiger partial charge in [0, 0.05) is 10.5 Å². The second-order valence-electron chi connectivity index (χ2n) is 4.42. The summed E-state index contributed by atoms with van der Waals surface area (Å²) in [6, 6.07) is 14.3. The zero-order valence-electron chi connectivity index (χ0n) is 12.3. The van der Waals surface area contributed by atoms with Crippen LogP contribution in [0.5, 0.6) is 11.5 Å². The molecule has 0 bridgehead atoms. The highest BCUT2D eigenvalue weighted by molar-refractivity contribution is 8.00. The molecular formula is C17H15NO3S. The number of rotatable bonds is 6. The monoisotopic (exact) mass is 313 g/mol. The van der Waals surface area contributed by atoms with Crippen molar-refractivity contribution in [1.29, 1.82) is 5.26 Å². The van der Waals surface area contributed by atoms with Crippen molar-refractivity contribution in [2.24, 2.45) is 0 Å². The fourth-order valence-corrected chi connectivity index (χ4v) is 2.72. The minimum absolute atomic E-state index is 0.0168. The lowest BCUT2D eigenvalue weighted by molar-refractivity contribution is 0.102. The minimum atomic E-state index is -0.0168. The maximum absolute atomic E-state index is 12.2. The average Bonchev–Trinajstić information content (AvgIpc) is 2.59. The molecule has 0 spiro atoms. The lowest BCUT2D eigenvalue weighted by atomic mass is 10.1. The number of hydrogen-bond donors (Lipinski definition) is 0. The summed E-state index contributed by atoms with van der Waals surface area (Å²) in [6.07, 6.45) is 0. The number of Topliss-reactive ketones (excluding diaryl/α,β-unsaturated/α-hetero) is 1. The standard InChI is InChI=1S/C17H15NO3S/c1-20-16-7-6-14(9-17(16)21-2)22-11-15(19)13-5-3-4-12(8-13)10-18/h3-9H,11H2,1-2H3. The Kier molecular flexibility index (Phi) is 5.45. The highest BCUT2D eigenvalue weighted by Gasteiger charge is 2.09. The first-order valence-electron chi connectivity index (χ1n) is 6.56. The van der Waals surface area contributed by atoms with Crippen LogP contribution in [0.4, 0.5) is 0 Å². The van der Waals surface area contributed by atoms with Gasteiger partial charge in [-0.3, -0.25) is 4.79 Å². The van der Waals surface area contributed by atoms with Gasteiger partial charge < -0.3 is 9.47 Å². The Morgan fingerprint density at radius 2 is 1.91 bits per heavy atom. The van der Waals surface area contributed by atoms with Crippen LogP contribution in [0.15, 0.2) is 47.4 Å². The number of carbonyl (C=O) groups excluding carboxylic acids is 1. The number of thioether (sulfide) groups is 1. The van der Waals surface area contributed by atoms with Crippen LogP contribution in [-0.4, -0.2) is 25.8 Å². The average molecular weight is 313 g/mol. The Bertz CT molecular complexity index is 722. The fraction of sp³-hybridized carbons (Fsp3) is 0.176. The molecule has 0 aliphatic heterocycles. The van der Waals surface area contributed by atoms with E-state index in [0.717, 1.165) is 4.90 Å². The molecule has 0 aromatic heterocycles. The molecule has 0 saturated heterocycles. The molecule has 2 aromatic rings. The van der Waals surface area contributed by atoms with Gasteiger partial charge in [-0.15, -0.1) is 11.8 Å². The van der Waals surface area contributed by atoms with Crippen molar-refractivity contribution in [3.8, 4) is 17.6 Å². The topological polar surface area (TPSA) is 59.3 Å². The summed E-state index contributed by atoms with van der Waals surface area (Å²) < 4.78 is 10.4. The molecule has 0 unspecified atom stereocenters. The summed E-state index contributed by atoms with van der Waals surface area (Å²) in [4.78, 5) is 13.1. The predicted molar refractivity (Wildman–Crippen MR) is 85.8 cm³/mol. The van der Waals surface area contributed by atoms with Crippen LogP contribution in [-0.2, 0) is 0 Å². The highest BCUT2D eigenvalue weighted by Crippen LogP contribution is 2.32. The maximum Gasteiger partial charge on any atom is 0.173 e. The molecule has 0 amide bonds. The third-order valence-corrected chi connectivity index (χ3v) is 4.03. The van der Waals surface area contributed by atoms with Gasteiger partial charge in [0.1, 0.15) is 0 Å². The number of nitriles is 1. The van der Waals surface area contributed by atoms with Gasteiger partial charge in [-0.2, -0.15) is 5.26 Å². The van der Waals surface area contributed by atoms with E-state index in [9.17, 15) is 4.79 Å². The first kappa shape index (κ1) is 15.9. The molecule has 0 N–H and O–H groups in total. The second kappa shape index (κ2) is 7.53. The van der Waals surface area contributed by atoms with Crippen molar-refractivity contribution in [1.82, 2.24) is 0 Å². The van der Waals surface area contributed by atoms with Crippen LogP contribution in [0.2, 0.25) is 0 Å². The number of ether oxygens (including phenoxy) is 2. The van der Waals surface area contributed by atoms with Crippen molar-refractivity contribution in [2.45, 2.75) is 4.90 Å². The van der Waals surface area contributed by atoms with Gasteiger partial charge in [-0.05, 0) is 30.3 Å². The Labute approximate surface area is 133 Å². The molecule has 0 saturated carbocycles. The summed E-state index contributed by atoms with van der Waals surface area (Å²) in [5.41, 5.74) is 1.04. The molecule has 0 fully saturated rings. The smallest absolute Gasteiger partial charge is 0.173 e. The molecule has 22 heavy (non-hydrogen) atoms. The Balaban J connectivity index is 2.06. The largest absolute Gasteiger partial charge is 0.493 e. The highest BCUT2D eigenvalue weighted by atomic mass is 32.2. The van der Waals surface area contributed by atoms with Gasteiger partial charge in [-0.25, -0.2) is 0 Å². The van der Waals surface area contributed by atoms with Gasteiger partial charge >= 0.3 is 0 Å².